The van der Waals surface area contributed by atoms with E-state index in [9.17, 15) is 4.79 Å². The van der Waals surface area contributed by atoms with Gasteiger partial charge in [-0.1, -0.05) is 12.1 Å². The highest BCUT2D eigenvalue weighted by atomic mass is 16.5. The molecule has 0 saturated heterocycles. The Morgan fingerprint density at radius 3 is 3.00 bits per heavy atom. The molecule has 2 unspecified atom stereocenters. The van der Waals surface area contributed by atoms with Crippen LogP contribution in [-0.4, -0.2) is 47.1 Å². The number of aromatic amines is 1. The fraction of sp³-hybridized carbons (Fsp3) is 0.391. The molecule has 1 aliphatic heterocycles. The Kier molecular flexibility index (Phi) is 5.63. The first-order valence-electron chi connectivity index (χ1n) is 10.2. The average Bonchev–Trinajstić information content (AvgIpc) is 3.05. The van der Waals surface area contributed by atoms with E-state index >= 15 is 0 Å². The molecule has 158 valence electrons. The molecule has 3 aromatic rings. The molecule has 1 aromatic heterocycles. The van der Waals surface area contributed by atoms with E-state index < -0.39 is 0 Å². The monoisotopic (exact) mass is 408 g/mol. The van der Waals surface area contributed by atoms with Gasteiger partial charge < -0.3 is 19.8 Å². The van der Waals surface area contributed by atoms with Crippen molar-refractivity contribution in [2.75, 3.05) is 20.2 Å². The predicted octanol–water partition coefficient (Wildman–Crippen LogP) is 3.34. The van der Waals surface area contributed by atoms with Gasteiger partial charge in [0.25, 0.3) is 0 Å². The van der Waals surface area contributed by atoms with Gasteiger partial charge in [-0.2, -0.15) is 0 Å². The van der Waals surface area contributed by atoms with E-state index in [1.807, 2.05) is 51.1 Å². The summed E-state index contributed by atoms with van der Waals surface area (Å²) in [5.41, 5.74) is 4.11. The number of ether oxygens (including phenoxy) is 2. The van der Waals surface area contributed by atoms with E-state index in [1.165, 1.54) is 5.56 Å². The molecule has 0 fully saturated rings. The Bertz CT molecular complexity index is 1060. The van der Waals surface area contributed by atoms with Crippen molar-refractivity contribution in [1.82, 2.24) is 20.2 Å². The predicted molar refractivity (Wildman–Crippen MR) is 116 cm³/mol. The Morgan fingerprint density at radius 2 is 2.20 bits per heavy atom. The Labute approximate surface area is 176 Å². The van der Waals surface area contributed by atoms with Gasteiger partial charge in [-0.15, -0.1) is 0 Å². The first-order chi connectivity index (χ1) is 14.4. The second kappa shape index (κ2) is 8.36. The fourth-order valence-corrected chi connectivity index (χ4v) is 3.85. The number of H-pyrrole nitrogens is 1. The Morgan fingerprint density at radius 1 is 1.37 bits per heavy atom. The largest absolute Gasteiger partial charge is 0.497 e. The highest BCUT2D eigenvalue weighted by Gasteiger charge is 2.23. The topological polar surface area (TPSA) is 79.5 Å². The number of hydrogen-bond donors (Lipinski definition) is 2. The molecule has 0 bridgehead atoms. The SMILES string of the molecule is COc1ccc2c(c1)OC(C)CN(CC(=O)NC(C)c1nc3ccc(C)cc3[nH]1)C2. The second-order valence-corrected chi connectivity index (χ2v) is 8.00. The normalized spacial score (nSPS) is 17.7. The standard InChI is InChI=1S/C23H28N4O3/c1-14-5-8-19-20(9-14)26-23(25-19)16(3)24-22(28)13-27-11-15(2)30-21-10-18(29-4)7-6-17(21)12-27/h5-10,15-16H,11-13H2,1-4H3,(H,24,28)(H,25,26). The lowest BCUT2D eigenvalue weighted by Gasteiger charge is -2.22. The van der Waals surface area contributed by atoms with Crippen LogP contribution in [0.4, 0.5) is 0 Å². The van der Waals surface area contributed by atoms with Crippen LogP contribution in [0.25, 0.3) is 11.0 Å². The number of aromatic nitrogens is 2. The third kappa shape index (κ3) is 4.41. The van der Waals surface area contributed by atoms with E-state index in [4.69, 9.17) is 9.47 Å². The summed E-state index contributed by atoms with van der Waals surface area (Å²) in [5.74, 6) is 2.30. The van der Waals surface area contributed by atoms with Crippen LogP contribution in [0.2, 0.25) is 0 Å². The maximum absolute atomic E-state index is 12.7. The quantitative estimate of drug-likeness (QED) is 0.677. The molecule has 7 heteroatoms. The number of rotatable bonds is 5. The molecule has 0 radical (unpaired) electrons. The minimum absolute atomic E-state index is 0.0257. The lowest BCUT2D eigenvalue weighted by Crippen LogP contribution is -2.40. The number of benzene rings is 2. The zero-order valence-electron chi connectivity index (χ0n) is 17.9. The second-order valence-electron chi connectivity index (χ2n) is 8.00. The van der Waals surface area contributed by atoms with Gasteiger partial charge in [0.1, 0.15) is 23.4 Å². The number of carbonyl (C=O) groups excluding carboxylic acids is 1. The lowest BCUT2D eigenvalue weighted by molar-refractivity contribution is -0.123. The van der Waals surface area contributed by atoms with Crippen LogP contribution in [0.1, 0.15) is 36.8 Å². The highest BCUT2D eigenvalue weighted by Crippen LogP contribution is 2.29. The number of aryl methyl sites for hydroxylation is 1. The van der Waals surface area contributed by atoms with Crippen LogP contribution in [0.5, 0.6) is 11.5 Å². The first kappa shape index (κ1) is 20.2. The first-order valence-corrected chi connectivity index (χ1v) is 10.2. The number of fused-ring (bicyclic) bond motifs is 2. The van der Waals surface area contributed by atoms with Crippen molar-refractivity contribution in [3.63, 3.8) is 0 Å². The van der Waals surface area contributed by atoms with E-state index in [2.05, 4.69) is 26.3 Å². The van der Waals surface area contributed by atoms with Crippen LogP contribution in [0, 0.1) is 6.92 Å². The molecule has 1 amide bonds. The van der Waals surface area contributed by atoms with Crippen molar-refractivity contribution in [1.29, 1.82) is 0 Å². The molecule has 0 spiro atoms. The van der Waals surface area contributed by atoms with Crippen molar-refractivity contribution < 1.29 is 14.3 Å². The van der Waals surface area contributed by atoms with Gasteiger partial charge in [-0.25, -0.2) is 4.98 Å². The Hall–Kier alpha value is -3.06. The summed E-state index contributed by atoms with van der Waals surface area (Å²) < 4.78 is 11.3. The van der Waals surface area contributed by atoms with Crippen molar-refractivity contribution in [3.05, 3.63) is 53.3 Å². The summed E-state index contributed by atoms with van der Waals surface area (Å²) in [5, 5.41) is 3.06. The van der Waals surface area contributed by atoms with Crippen molar-refractivity contribution in [3.8, 4) is 11.5 Å². The van der Waals surface area contributed by atoms with Crippen molar-refractivity contribution in [2.45, 2.75) is 39.5 Å². The molecule has 2 aromatic carbocycles. The number of nitrogens with one attached hydrogen (secondary N) is 2. The molecule has 7 nitrogen and oxygen atoms in total. The van der Waals surface area contributed by atoms with Gasteiger partial charge in [0.2, 0.25) is 5.91 Å². The van der Waals surface area contributed by atoms with Gasteiger partial charge in [0.05, 0.1) is 30.7 Å². The van der Waals surface area contributed by atoms with Crippen LogP contribution >= 0.6 is 0 Å². The molecule has 2 N–H and O–H groups in total. The maximum atomic E-state index is 12.7. The molecular formula is C23H28N4O3. The summed E-state index contributed by atoms with van der Waals surface area (Å²) >= 11 is 0. The summed E-state index contributed by atoms with van der Waals surface area (Å²) in [6.07, 6.45) is -0.0257. The molecule has 2 heterocycles. The van der Waals surface area contributed by atoms with E-state index in [0.717, 1.165) is 33.9 Å². The number of carbonyl (C=O) groups is 1. The molecule has 0 aliphatic carbocycles. The fourth-order valence-electron chi connectivity index (χ4n) is 3.85. The molecule has 2 atom stereocenters. The number of imidazole rings is 1. The van der Waals surface area contributed by atoms with Gasteiger partial charge >= 0.3 is 0 Å². The number of amides is 1. The molecule has 4 rings (SSSR count). The maximum Gasteiger partial charge on any atom is 0.234 e. The third-order valence-corrected chi connectivity index (χ3v) is 5.32. The van der Waals surface area contributed by atoms with Gasteiger partial charge in [0.15, 0.2) is 0 Å². The number of nitrogens with zero attached hydrogens (tertiary/aromatic N) is 2. The summed E-state index contributed by atoms with van der Waals surface area (Å²) in [4.78, 5) is 22.8. The number of methoxy groups -OCH3 is 1. The minimum atomic E-state index is -0.206. The van der Waals surface area contributed by atoms with Crippen LogP contribution in [0.15, 0.2) is 36.4 Å². The summed E-state index contributed by atoms with van der Waals surface area (Å²) in [6.45, 7) is 7.61. The smallest absolute Gasteiger partial charge is 0.234 e. The van der Waals surface area contributed by atoms with Gasteiger partial charge in [-0.05, 0) is 44.5 Å². The average molecular weight is 409 g/mol. The van der Waals surface area contributed by atoms with E-state index in [1.54, 1.807) is 7.11 Å². The van der Waals surface area contributed by atoms with E-state index in [0.29, 0.717) is 19.6 Å². The van der Waals surface area contributed by atoms with E-state index in [-0.39, 0.29) is 18.1 Å². The molecular weight excluding hydrogens is 380 g/mol. The van der Waals surface area contributed by atoms with Gasteiger partial charge in [0, 0.05) is 24.7 Å². The van der Waals surface area contributed by atoms with Crippen LogP contribution in [0.3, 0.4) is 0 Å². The molecule has 0 saturated carbocycles. The third-order valence-electron chi connectivity index (χ3n) is 5.32. The zero-order valence-corrected chi connectivity index (χ0v) is 17.9. The van der Waals surface area contributed by atoms with Crippen LogP contribution < -0.4 is 14.8 Å². The Balaban J connectivity index is 1.42. The summed E-state index contributed by atoms with van der Waals surface area (Å²) in [7, 11) is 1.64. The summed E-state index contributed by atoms with van der Waals surface area (Å²) in [6, 6.07) is 11.7. The molecule has 1 aliphatic rings. The lowest BCUT2D eigenvalue weighted by atomic mass is 10.2. The zero-order chi connectivity index (χ0) is 21.3. The molecule has 30 heavy (non-hydrogen) atoms. The highest BCUT2D eigenvalue weighted by molar-refractivity contribution is 5.79. The minimum Gasteiger partial charge on any atom is -0.497 e. The van der Waals surface area contributed by atoms with Gasteiger partial charge in [-0.3, -0.25) is 9.69 Å². The van der Waals surface area contributed by atoms with Crippen LogP contribution in [-0.2, 0) is 11.3 Å². The number of hydrogen-bond acceptors (Lipinski definition) is 5. The van der Waals surface area contributed by atoms with Crippen molar-refractivity contribution >= 4 is 16.9 Å². The van der Waals surface area contributed by atoms with Crippen molar-refractivity contribution in [2.24, 2.45) is 0 Å².